The molecule has 0 aliphatic carbocycles. The van der Waals surface area contributed by atoms with Crippen LogP contribution in [0.15, 0.2) is 0 Å². The van der Waals surface area contributed by atoms with Crippen molar-refractivity contribution in [3.05, 3.63) is 0 Å². The van der Waals surface area contributed by atoms with Gasteiger partial charge in [0.2, 0.25) is 0 Å². The van der Waals surface area contributed by atoms with E-state index in [4.69, 9.17) is 0 Å². The van der Waals surface area contributed by atoms with E-state index in [2.05, 4.69) is 20.8 Å². The molecule has 0 aromatic carbocycles. The zero-order valence-electron chi connectivity index (χ0n) is 10.1. The maximum atomic E-state index is 2.47. The van der Waals surface area contributed by atoms with Gasteiger partial charge in [0, 0.05) is 0 Å². The van der Waals surface area contributed by atoms with Crippen LogP contribution in [-0.4, -0.2) is 6.71 Å². The molecule has 1 heteroatoms. The minimum Gasteiger partial charge on any atom is -0.0693 e. The summed E-state index contributed by atoms with van der Waals surface area (Å²) in [7, 11) is 0. The SMILES string of the molecule is CC1CCCC2CCC(C1)B2C(C)C. The standard InChI is InChI=1S/C13H25B/c1-10(2)14-12-6-4-5-11(3)9-13(14)8-7-12/h10-13H,4-9H2,1-3H3. The van der Waals surface area contributed by atoms with Gasteiger partial charge >= 0.3 is 0 Å². The van der Waals surface area contributed by atoms with E-state index in [1.807, 2.05) is 0 Å². The quantitative estimate of drug-likeness (QED) is 0.531. The maximum absolute atomic E-state index is 2.47. The van der Waals surface area contributed by atoms with Gasteiger partial charge in [-0.15, -0.1) is 0 Å². The third-order valence-corrected chi connectivity index (χ3v) is 4.74. The number of fused-ring (bicyclic) bond motifs is 2. The largest absolute Gasteiger partial charge is 0.149 e. The van der Waals surface area contributed by atoms with E-state index in [0.29, 0.717) is 0 Å². The predicted molar refractivity (Wildman–Crippen MR) is 65.2 cm³/mol. The summed E-state index contributed by atoms with van der Waals surface area (Å²) >= 11 is 0. The van der Waals surface area contributed by atoms with Gasteiger partial charge in [-0.25, -0.2) is 0 Å². The zero-order valence-corrected chi connectivity index (χ0v) is 10.1. The average molecular weight is 192 g/mol. The summed E-state index contributed by atoms with van der Waals surface area (Å²) in [5.41, 5.74) is 0. The van der Waals surface area contributed by atoms with Crippen LogP contribution in [0.25, 0.3) is 0 Å². The molecule has 3 atom stereocenters. The molecule has 3 unspecified atom stereocenters. The van der Waals surface area contributed by atoms with E-state index in [9.17, 15) is 0 Å². The Morgan fingerprint density at radius 2 is 1.71 bits per heavy atom. The molecule has 0 nitrogen and oxygen atoms in total. The predicted octanol–water partition coefficient (Wildman–Crippen LogP) is 4.64. The molecule has 2 fully saturated rings. The summed E-state index contributed by atoms with van der Waals surface area (Å²) in [6.45, 7) is 8.43. The lowest BCUT2D eigenvalue weighted by Crippen LogP contribution is -2.26. The van der Waals surface area contributed by atoms with Gasteiger partial charge in [-0.2, -0.15) is 0 Å². The van der Waals surface area contributed by atoms with Crippen LogP contribution in [0.2, 0.25) is 17.5 Å². The average Bonchev–Trinajstić information content (AvgIpc) is 2.47. The summed E-state index contributed by atoms with van der Waals surface area (Å²) in [5.74, 6) is 4.10. The van der Waals surface area contributed by atoms with Crippen LogP contribution in [0, 0.1) is 5.92 Å². The molecule has 2 saturated heterocycles. The summed E-state index contributed by atoms with van der Waals surface area (Å²) in [5, 5.41) is 0. The highest BCUT2D eigenvalue weighted by Crippen LogP contribution is 2.50. The molecule has 2 heterocycles. The highest BCUT2D eigenvalue weighted by molar-refractivity contribution is 6.64. The first kappa shape index (κ1) is 10.6. The normalized spacial score (nSPS) is 38.6. The van der Waals surface area contributed by atoms with E-state index in [1.165, 1.54) is 32.1 Å². The third-order valence-electron chi connectivity index (χ3n) is 4.74. The Morgan fingerprint density at radius 1 is 1.00 bits per heavy atom. The van der Waals surface area contributed by atoms with Gasteiger partial charge in [0.05, 0.1) is 0 Å². The minimum atomic E-state index is 0.929. The van der Waals surface area contributed by atoms with Crippen LogP contribution < -0.4 is 0 Å². The monoisotopic (exact) mass is 192 g/mol. The fourth-order valence-electron chi connectivity index (χ4n) is 4.26. The van der Waals surface area contributed by atoms with E-state index >= 15 is 0 Å². The molecule has 0 amide bonds. The van der Waals surface area contributed by atoms with Gasteiger partial charge in [0.25, 0.3) is 0 Å². The van der Waals surface area contributed by atoms with Gasteiger partial charge in [-0.1, -0.05) is 76.7 Å². The molecule has 0 aromatic rings. The first-order valence-electron chi connectivity index (χ1n) is 6.68. The van der Waals surface area contributed by atoms with Crippen molar-refractivity contribution in [3.63, 3.8) is 0 Å². The molecule has 2 bridgehead atoms. The second-order valence-electron chi connectivity index (χ2n) is 6.19. The van der Waals surface area contributed by atoms with Crippen LogP contribution in [0.5, 0.6) is 0 Å². The Balaban J connectivity index is 2.08. The Labute approximate surface area is 89.9 Å². The number of rotatable bonds is 1. The minimum absolute atomic E-state index is 0.929. The van der Waals surface area contributed by atoms with Crippen molar-refractivity contribution in [3.8, 4) is 0 Å². The first-order valence-corrected chi connectivity index (χ1v) is 6.68. The zero-order chi connectivity index (χ0) is 10.1. The summed E-state index contributed by atoms with van der Waals surface area (Å²) < 4.78 is 0. The molecule has 14 heavy (non-hydrogen) atoms. The second-order valence-corrected chi connectivity index (χ2v) is 6.19. The highest BCUT2D eigenvalue weighted by atomic mass is 14.3. The summed E-state index contributed by atoms with van der Waals surface area (Å²) in [6.07, 6.45) is 9.14. The third kappa shape index (κ3) is 2.02. The topological polar surface area (TPSA) is 0 Å². The van der Waals surface area contributed by atoms with Crippen LogP contribution in [0.3, 0.4) is 0 Å². The van der Waals surface area contributed by atoms with Gasteiger partial charge in [0.15, 0.2) is 0 Å². The van der Waals surface area contributed by atoms with Crippen molar-refractivity contribution in [2.24, 2.45) is 5.92 Å². The van der Waals surface area contributed by atoms with Crippen molar-refractivity contribution in [1.29, 1.82) is 0 Å². The Bertz CT molecular complexity index is 188. The second kappa shape index (κ2) is 4.29. The Morgan fingerprint density at radius 3 is 2.43 bits per heavy atom. The van der Waals surface area contributed by atoms with Crippen LogP contribution in [0.4, 0.5) is 0 Å². The maximum Gasteiger partial charge on any atom is 0.149 e. The van der Waals surface area contributed by atoms with E-state index in [0.717, 1.165) is 30.1 Å². The number of hydrogen-bond donors (Lipinski definition) is 0. The Kier molecular flexibility index (Phi) is 3.24. The molecule has 80 valence electrons. The lowest BCUT2D eigenvalue weighted by atomic mass is 9.30. The smallest absolute Gasteiger partial charge is 0.0693 e. The van der Waals surface area contributed by atoms with E-state index < -0.39 is 0 Å². The van der Waals surface area contributed by atoms with E-state index in [1.54, 1.807) is 6.42 Å². The molecule has 0 saturated carbocycles. The van der Waals surface area contributed by atoms with Gasteiger partial charge in [0.1, 0.15) is 6.71 Å². The Hall–Kier alpha value is 0.0649. The van der Waals surface area contributed by atoms with Crippen molar-refractivity contribution >= 4 is 6.71 Å². The molecule has 0 spiro atoms. The molecule has 0 N–H and O–H groups in total. The lowest BCUT2D eigenvalue weighted by Gasteiger charge is -2.30. The van der Waals surface area contributed by atoms with Crippen molar-refractivity contribution in [1.82, 2.24) is 0 Å². The molecule has 0 aromatic heterocycles. The summed E-state index contributed by atoms with van der Waals surface area (Å²) in [4.78, 5) is 0. The molecule has 2 aliphatic rings. The van der Waals surface area contributed by atoms with E-state index in [-0.39, 0.29) is 0 Å². The molecular formula is C13H25B. The summed E-state index contributed by atoms with van der Waals surface area (Å²) in [6, 6.07) is 0. The molecule has 2 aliphatic heterocycles. The lowest BCUT2D eigenvalue weighted by molar-refractivity contribution is 0.449. The fourth-order valence-corrected chi connectivity index (χ4v) is 4.26. The number of hydrogen-bond acceptors (Lipinski definition) is 0. The van der Waals surface area contributed by atoms with Crippen LogP contribution >= 0.6 is 0 Å². The van der Waals surface area contributed by atoms with Crippen molar-refractivity contribution in [2.75, 3.05) is 0 Å². The van der Waals surface area contributed by atoms with Gasteiger partial charge in [-0.05, 0) is 5.92 Å². The van der Waals surface area contributed by atoms with Crippen LogP contribution in [0.1, 0.15) is 59.3 Å². The van der Waals surface area contributed by atoms with Gasteiger partial charge < -0.3 is 0 Å². The van der Waals surface area contributed by atoms with Crippen molar-refractivity contribution < 1.29 is 0 Å². The van der Waals surface area contributed by atoms with Crippen molar-refractivity contribution in [2.45, 2.75) is 76.7 Å². The first-order chi connectivity index (χ1) is 6.68. The molecule has 0 radical (unpaired) electrons. The van der Waals surface area contributed by atoms with Gasteiger partial charge in [-0.3, -0.25) is 0 Å². The fraction of sp³-hybridized carbons (Fsp3) is 1.00. The molecule has 2 rings (SSSR count). The highest BCUT2D eigenvalue weighted by Gasteiger charge is 2.41. The van der Waals surface area contributed by atoms with Crippen LogP contribution in [-0.2, 0) is 0 Å². The molecular weight excluding hydrogens is 167 g/mol.